The van der Waals surface area contributed by atoms with E-state index in [1.165, 1.54) is 0 Å². The van der Waals surface area contributed by atoms with Gasteiger partial charge in [0.1, 0.15) is 5.82 Å². The summed E-state index contributed by atoms with van der Waals surface area (Å²) in [6.45, 7) is 9.12. The highest BCUT2D eigenvalue weighted by Crippen LogP contribution is 2.28. The minimum atomic E-state index is -0.112. The van der Waals surface area contributed by atoms with Gasteiger partial charge in [-0.05, 0) is 19.3 Å². The van der Waals surface area contributed by atoms with E-state index < -0.39 is 0 Å². The molecule has 0 atom stereocenters. The topological polar surface area (TPSA) is 61.9 Å². The van der Waals surface area contributed by atoms with Gasteiger partial charge in [0.05, 0.1) is 0 Å². The summed E-state index contributed by atoms with van der Waals surface area (Å²) < 4.78 is 0. The minimum absolute atomic E-state index is 0.0253. The van der Waals surface area contributed by atoms with E-state index in [1.807, 2.05) is 4.90 Å². The third-order valence-electron chi connectivity index (χ3n) is 3.39. The lowest BCUT2D eigenvalue weighted by molar-refractivity contribution is 0.0728. The zero-order valence-corrected chi connectivity index (χ0v) is 12.4. The third-order valence-corrected chi connectivity index (χ3v) is 3.39. The Bertz CT molecular complexity index is 443. The fourth-order valence-electron chi connectivity index (χ4n) is 1.99. The highest BCUT2D eigenvalue weighted by Gasteiger charge is 2.34. The number of aromatic amines is 1. The average Bonchev–Trinajstić information content (AvgIpc) is 3.04. The van der Waals surface area contributed by atoms with Gasteiger partial charge in [-0.1, -0.05) is 34.1 Å². The number of hydrogen-bond acceptors (Lipinski definition) is 3. The second-order valence-electron chi connectivity index (χ2n) is 6.34. The van der Waals surface area contributed by atoms with Gasteiger partial charge in [-0.15, -0.1) is 5.10 Å². The Kier molecular flexibility index (Phi) is 3.92. The van der Waals surface area contributed by atoms with Gasteiger partial charge < -0.3 is 4.90 Å². The molecule has 0 unspecified atom stereocenters. The summed E-state index contributed by atoms with van der Waals surface area (Å²) in [7, 11) is 0. The molecule has 1 amide bonds. The van der Waals surface area contributed by atoms with Crippen LogP contribution in [0.1, 0.15) is 69.8 Å². The first-order valence-corrected chi connectivity index (χ1v) is 7.17. The number of nitrogens with one attached hydrogen (secondary N) is 1. The second-order valence-corrected chi connectivity index (χ2v) is 6.34. The number of carbonyl (C=O) groups excluding carboxylic acids is 1. The molecular formula is C14H24N4O. The highest BCUT2D eigenvalue weighted by molar-refractivity contribution is 5.90. The predicted molar refractivity (Wildman–Crippen MR) is 74.0 cm³/mol. The number of amides is 1. The second kappa shape index (κ2) is 5.31. The number of aromatic nitrogens is 3. The standard InChI is InChI=1S/C14H24N4O/c1-5-6-9-18(10-7-8-10)12(19)11-15-13(17-16-11)14(2,3)4/h10H,5-9H2,1-4H3,(H,15,16,17). The summed E-state index contributed by atoms with van der Waals surface area (Å²) in [4.78, 5) is 18.8. The van der Waals surface area contributed by atoms with Crippen LogP contribution in [-0.4, -0.2) is 38.6 Å². The van der Waals surface area contributed by atoms with Crippen LogP contribution in [0, 0.1) is 0 Å². The van der Waals surface area contributed by atoms with Gasteiger partial charge in [-0.2, -0.15) is 0 Å². The average molecular weight is 264 g/mol. The van der Waals surface area contributed by atoms with E-state index in [0.717, 1.165) is 38.1 Å². The molecule has 0 aromatic carbocycles. The van der Waals surface area contributed by atoms with Crippen molar-refractivity contribution >= 4 is 5.91 Å². The Hall–Kier alpha value is -1.39. The fourth-order valence-corrected chi connectivity index (χ4v) is 1.99. The third kappa shape index (κ3) is 3.33. The molecule has 5 heteroatoms. The molecule has 1 N–H and O–H groups in total. The summed E-state index contributed by atoms with van der Waals surface area (Å²) in [6.07, 6.45) is 4.37. The first-order valence-electron chi connectivity index (χ1n) is 7.17. The van der Waals surface area contributed by atoms with Gasteiger partial charge in [0.15, 0.2) is 0 Å². The highest BCUT2D eigenvalue weighted by atomic mass is 16.2. The maximum absolute atomic E-state index is 12.5. The number of hydrogen-bond donors (Lipinski definition) is 1. The predicted octanol–water partition coefficient (Wildman–Crippen LogP) is 2.51. The lowest BCUT2D eigenvalue weighted by Gasteiger charge is -2.20. The van der Waals surface area contributed by atoms with E-state index in [9.17, 15) is 4.79 Å². The van der Waals surface area contributed by atoms with Crippen molar-refractivity contribution in [2.75, 3.05) is 6.54 Å². The smallest absolute Gasteiger partial charge is 0.293 e. The van der Waals surface area contributed by atoms with Gasteiger partial charge >= 0.3 is 0 Å². The first-order chi connectivity index (χ1) is 8.93. The van der Waals surface area contributed by atoms with Crippen molar-refractivity contribution in [3.05, 3.63) is 11.6 Å². The number of nitrogens with zero attached hydrogens (tertiary/aromatic N) is 3. The molecular weight excluding hydrogens is 240 g/mol. The normalized spacial score (nSPS) is 15.6. The summed E-state index contributed by atoms with van der Waals surface area (Å²) in [5.74, 6) is 1.05. The molecule has 19 heavy (non-hydrogen) atoms. The first kappa shape index (κ1) is 14.0. The quantitative estimate of drug-likeness (QED) is 0.888. The van der Waals surface area contributed by atoms with E-state index in [0.29, 0.717) is 11.9 Å². The van der Waals surface area contributed by atoms with Gasteiger partial charge in [-0.25, -0.2) is 4.98 Å². The van der Waals surface area contributed by atoms with Crippen LogP contribution < -0.4 is 0 Å². The Labute approximate surface area is 114 Å². The van der Waals surface area contributed by atoms with Crippen LogP contribution in [0.5, 0.6) is 0 Å². The van der Waals surface area contributed by atoms with Crippen LogP contribution in [0.15, 0.2) is 0 Å². The van der Waals surface area contributed by atoms with Gasteiger partial charge in [-0.3, -0.25) is 9.89 Å². The number of unbranched alkanes of at least 4 members (excludes halogenated alkanes) is 1. The Morgan fingerprint density at radius 1 is 1.42 bits per heavy atom. The maximum atomic E-state index is 12.5. The lowest BCUT2D eigenvalue weighted by Crippen LogP contribution is -2.34. The Morgan fingerprint density at radius 3 is 2.58 bits per heavy atom. The Morgan fingerprint density at radius 2 is 2.11 bits per heavy atom. The van der Waals surface area contributed by atoms with E-state index in [2.05, 4.69) is 42.9 Å². The van der Waals surface area contributed by atoms with Gasteiger partial charge in [0.2, 0.25) is 5.82 Å². The van der Waals surface area contributed by atoms with E-state index in [1.54, 1.807) is 0 Å². The van der Waals surface area contributed by atoms with Crippen molar-refractivity contribution in [3.63, 3.8) is 0 Å². The van der Waals surface area contributed by atoms with Crippen LogP contribution in [0.4, 0.5) is 0 Å². The molecule has 1 fully saturated rings. The molecule has 106 valence electrons. The fraction of sp³-hybridized carbons (Fsp3) is 0.786. The van der Waals surface area contributed by atoms with Crippen molar-refractivity contribution in [2.45, 2.75) is 64.8 Å². The molecule has 2 rings (SSSR count). The summed E-state index contributed by atoms with van der Waals surface area (Å²) in [5.41, 5.74) is -0.112. The summed E-state index contributed by atoms with van der Waals surface area (Å²) in [6, 6.07) is 0.413. The molecule has 0 saturated heterocycles. The van der Waals surface area contributed by atoms with Crippen LogP contribution in [0.2, 0.25) is 0 Å². The van der Waals surface area contributed by atoms with Crippen molar-refractivity contribution in [2.24, 2.45) is 0 Å². The molecule has 1 saturated carbocycles. The molecule has 5 nitrogen and oxygen atoms in total. The van der Waals surface area contributed by atoms with Crippen molar-refractivity contribution in [3.8, 4) is 0 Å². The molecule has 0 radical (unpaired) electrons. The number of carbonyl (C=O) groups is 1. The maximum Gasteiger partial charge on any atom is 0.293 e. The number of rotatable bonds is 5. The number of H-pyrrole nitrogens is 1. The molecule has 1 aliphatic carbocycles. The molecule has 0 aliphatic heterocycles. The van der Waals surface area contributed by atoms with Crippen molar-refractivity contribution in [1.29, 1.82) is 0 Å². The minimum Gasteiger partial charge on any atom is -0.333 e. The molecule has 0 spiro atoms. The van der Waals surface area contributed by atoms with Crippen LogP contribution in [-0.2, 0) is 5.41 Å². The molecule has 1 aliphatic rings. The van der Waals surface area contributed by atoms with Crippen molar-refractivity contribution in [1.82, 2.24) is 20.1 Å². The van der Waals surface area contributed by atoms with Crippen LogP contribution >= 0.6 is 0 Å². The molecule has 1 heterocycles. The van der Waals surface area contributed by atoms with Gasteiger partial charge in [0.25, 0.3) is 5.91 Å². The SMILES string of the molecule is CCCCN(C(=O)c1n[nH]c(C(C)(C)C)n1)C1CC1. The summed E-state index contributed by atoms with van der Waals surface area (Å²) in [5, 5.41) is 6.98. The lowest BCUT2D eigenvalue weighted by atomic mass is 9.96. The van der Waals surface area contributed by atoms with Gasteiger partial charge in [0, 0.05) is 18.0 Å². The largest absolute Gasteiger partial charge is 0.333 e. The summed E-state index contributed by atoms with van der Waals surface area (Å²) >= 11 is 0. The zero-order chi connectivity index (χ0) is 14.0. The zero-order valence-electron chi connectivity index (χ0n) is 12.4. The molecule has 0 bridgehead atoms. The van der Waals surface area contributed by atoms with Crippen molar-refractivity contribution < 1.29 is 4.79 Å². The van der Waals surface area contributed by atoms with E-state index in [4.69, 9.17) is 0 Å². The van der Waals surface area contributed by atoms with E-state index >= 15 is 0 Å². The molecule has 1 aromatic rings. The monoisotopic (exact) mass is 264 g/mol. The van der Waals surface area contributed by atoms with Crippen LogP contribution in [0.25, 0.3) is 0 Å². The van der Waals surface area contributed by atoms with E-state index in [-0.39, 0.29) is 11.3 Å². The van der Waals surface area contributed by atoms with Crippen LogP contribution in [0.3, 0.4) is 0 Å². The molecule has 1 aromatic heterocycles. The Balaban J connectivity index is 2.10.